The number of rotatable bonds is 7. The van der Waals surface area contributed by atoms with Crippen LogP contribution in [0.2, 0.25) is 0 Å². The Morgan fingerprint density at radius 1 is 1.31 bits per heavy atom. The minimum atomic E-state index is -1.05. The molecule has 7 heteroatoms. The number of carbonyl (C=O) groups is 1. The number of carbonyl (C=O) groups excluding carboxylic acids is 1. The number of anilines is 1. The van der Waals surface area contributed by atoms with Gasteiger partial charge in [0.25, 0.3) is 0 Å². The molecule has 0 aromatic heterocycles. The Morgan fingerprint density at radius 2 is 2.07 bits per heavy atom. The van der Waals surface area contributed by atoms with Crippen molar-refractivity contribution in [2.75, 3.05) is 19.0 Å². The van der Waals surface area contributed by atoms with E-state index in [-0.39, 0.29) is 63.9 Å². The van der Waals surface area contributed by atoms with E-state index in [1.54, 1.807) is 11.8 Å². The summed E-state index contributed by atoms with van der Waals surface area (Å²) < 4.78 is 5.58. The number of benzene rings is 2. The van der Waals surface area contributed by atoms with Crippen molar-refractivity contribution in [1.29, 1.82) is 0 Å². The quantitative estimate of drug-likeness (QED) is 0.589. The molecule has 1 aliphatic rings. The molecule has 0 unspecified atom stereocenters. The van der Waals surface area contributed by atoms with Crippen molar-refractivity contribution in [3.05, 3.63) is 53.6 Å². The molecule has 2 aromatic carbocycles. The number of aliphatic hydroxyl groups is 1. The molecule has 1 heterocycles. The second kappa shape index (κ2) is 11.3. The third-order valence-electron chi connectivity index (χ3n) is 5.09. The van der Waals surface area contributed by atoms with E-state index < -0.39 is 11.6 Å². The van der Waals surface area contributed by atoms with E-state index in [1.807, 2.05) is 56.4 Å². The van der Waals surface area contributed by atoms with Crippen LogP contribution in [0.5, 0.6) is 0 Å². The molecule has 0 amide bonds. The van der Waals surface area contributed by atoms with E-state index in [4.69, 9.17) is 4.74 Å². The smallest absolute Gasteiger partial charge is 0.550 e. The molecular formula is C22H26KNO4S. The number of nitrogens with one attached hydrogen (secondary N) is 1. The Hall–Kier alpha value is -0.384. The number of aliphatic carboxylic acids is 1. The van der Waals surface area contributed by atoms with Gasteiger partial charge in [0.15, 0.2) is 0 Å². The van der Waals surface area contributed by atoms with Crippen LogP contribution in [-0.2, 0) is 21.6 Å². The zero-order chi connectivity index (χ0) is 20.1. The van der Waals surface area contributed by atoms with Crippen molar-refractivity contribution in [2.24, 2.45) is 0 Å². The number of carboxylic acids is 1. The van der Waals surface area contributed by atoms with Gasteiger partial charge in [0, 0.05) is 41.3 Å². The van der Waals surface area contributed by atoms with E-state index >= 15 is 0 Å². The molecule has 0 bridgehead atoms. The first kappa shape index (κ1) is 24.9. The van der Waals surface area contributed by atoms with Crippen LogP contribution in [-0.4, -0.2) is 30.8 Å². The van der Waals surface area contributed by atoms with Crippen LogP contribution >= 0.6 is 11.8 Å². The molecule has 3 rings (SSSR count). The predicted molar refractivity (Wildman–Crippen MR) is 108 cm³/mol. The number of carboxylic acid groups (broad SMARTS) is 1. The van der Waals surface area contributed by atoms with Crippen LogP contribution in [0.3, 0.4) is 0 Å². The fraction of sp³-hybridized carbons (Fsp3) is 0.409. The van der Waals surface area contributed by atoms with Crippen LogP contribution < -0.4 is 61.8 Å². The first-order chi connectivity index (χ1) is 13.4. The van der Waals surface area contributed by atoms with Crippen LogP contribution in [0.25, 0.3) is 0 Å². The van der Waals surface area contributed by atoms with Gasteiger partial charge < -0.3 is 25.1 Å². The molecule has 5 nitrogen and oxygen atoms in total. The summed E-state index contributed by atoms with van der Waals surface area (Å²) in [6.07, 6.45) is 1.63. The normalized spacial score (nSPS) is 21.3. The first-order valence-corrected chi connectivity index (χ1v) is 10.3. The third-order valence-corrected chi connectivity index (χ3v) is 6.07. The maximum absolute atomic E-state index is 11.1. The van der Waals surface area contributed by atoms with E-state index in [0.717, 1.165) is 26.6 Å². The van der Waals surface area contributed by atoms with Gasteiger partial charge in [-0.15, -0.1) is 0 Å². The predicted octanol–water partition coefficient (Wildman–Crippen LogP) is -0.0475. The Balaban J connectivity index is 0.00000300. The van der Waals surface area contributed by atoms with Gasteiger partial charge in [-0.3, -0.25) is 0 Å². The summed E-state index contributed by atoms with van der Waals surface area (Å²) in [7, 11) is 1.82. The Bertz CT molecular complexity index is 847. The Morgan fingerprint density at radius 3 is 2.76 bits per heavy atom. The Kier molecular flexibility index (Phi) is 9.69. The number of hydrogen-bond donors (Lipinski definition) is 2. The third kappa shape index (κ3) is 6.80. The summed E-state index contributed by atoms with van der Waals surface area (Å²) in [4.78, 5) is 12.9. The molecular weight excluding hydrogens is 413 g/mol. The van der Waals surface area contributed by atoms with Crippen LogP contribution in [0.1, 0.15) is 37.3 Å². The summed E-state index contributed by atoms with van der Waals surface area (Å²) in [5, 5.41) is 25.0. The van der Waals surface area contributed by atoms with Crippen LogP contribution in [0, 0.1) is 0 Å². The summed E-state index contributed by atoms with van der Waals surface area (Å²) in [6, 6.07) is 14.0. The molecule has 0 aliphatic carbocycles. The van der Waals surface area contributed by atoms with Gasteiger partial charge in [-0.2, -0.15) is 0 Å². The molecule has 0 radical (unpaired) electrons. The topological polar surface area (TPSA) is 81.6 Å². The molecule has 0 saturated carbocycles. The number of aryl methyl sites for hydroxylation is 1. The molecule has 2 aromatic rings. The van der Waals surface area contributed by atoms with E-state index in [9.17, 15) is 15.0 Å². The maximum atomic E-state index is 11.1. The van der Waals surface area contributed by atoms with E-state index in [2.05, 4.69) is 5.32 Å². The maximum Gasteiger partial charge on any atom is 1.00 e. The summed E-state index contributed by atoms with van der Waals surface area (Å²) in [5.41, 5.74) is 1.93. The average molecular weight is 440 g/mol. The van der Waals surface area contributed by atoms with Gasteiger partial charge in [0.1, 0.15) is 0 Å². The SMILES string of the molecule is CNc1ccc(Sc2cccc([C@@]3(O)CCO[C@@H](C)C3)c2)cc1CCC(=O)[O-].[K+]. The fourth-order valence-electron chi connectivity index (χ4n) is 3.63. The van der Waals surface area contributed by atoms with Crippen LogP contribution in [0.15, 0.2) is 52.3 Å². The second-order valence-electron chi connectivity index (χ2n) is 7.24. The largest absolute Gasteiger partial charge is 1.00 e. The second-order valence-corrected chi connectivity index (χ2v) is 8.38. The van der Waals surface area contributed by atoms with Crippen molar-refractivity contribution in [3.8, 4) is 0 Å². The zero-order valence-corrected chi connectivity index (χ0v) is 21.2. The van der Waals surface area contributed by atoms with Gasteiger partial charge in [-0.05, 0) is 61.2 Å². The van der Waals surface area contributed by atoms with Gasteiger partial charge in [0.2, 0.25) is 0 Å². The van der Waals surface area contributed by atoms with Crippen molar-refractivity contribution < 1.29 is 71.1 Å². The van der Waals surface area contributed by atoms with Gasteiger partial charge in [0.05, 0.1) is 18.3 Å². The minimum Gasteiger partial charge on any atom is -0.550 e. The Labute approximate surface area is 219 Å². The van der Waals surface area contributed by atoms with Crippen molar-refractivity contribution >= 4 is 23.4 Å². The average Bonchev–Trinajstić information content (AvgIpc) is 2.66. The standard InChI is InChI=1S/C22H27NO4S.K/c1-15-14-22(26,10-11-27-15)17-4-3-5-18(13-17)28-19-7-8-20(23-2)16(12-19)6-9-21(24)25;/h3-5,7-8,12-13,15,23,26H,6,9-11,14H2,1-2H3,(H,24,25);/q;+1/p-1/t15-,22+;/m0./s1. The molecule has 1 aliphatic heterocycles. The summed E-state index contributed by atoms with van der Waals surface area (Å²) in [5.74, 6) is -1.05. The zero-order valence-electron chi connectivity index (χ0n) is 17.2. The van der Waals surface area contributed by atoms with Crippen LogP contribution in [0.4, 0.5) is 5.69 Å². The fourth-order valence-corrected chi connectivity index (χ4v) is 4.58. The first-order valence-electron chi connectivity index (χ1n) is 9.52. The van der Waals surface area contributed by atoms with Gasteiger partial charge in [-0.25, -0.2) is 0 Å². The van der Waals surface area contributed by atoms with Crippen molar-refractivity contribution in [1.82, 2.24) is 0 Å². The van der Waals surface area contributed by atoms with E-state index in [0.29, 0.717) is 25.9 Å². The molecule has 0 spiro atoms. The van der Waals surface area contributed by atoms with E-state index in [1.165, 1.54) is 0 Å². The number of hydrogen-bond acceptors (Lipinski definition) is 6. The minimum absolute atomic E-state index is 0. The van der Waals surface area contributed by atoms with Crippen molar-refractivity contribution in [2.45, 2.75) is 54.1 Å². The summed E-state index contributed by atoms with van der Waals surface area (Å²) in [6.45, 7) is 2.54. The monoisotopic (exact) mass is 439 g/mol. The molecule has 1 saturated heterocycles. The summed E-state index contributed by atoms with van der Waals surface area (Å²) >= 11 is 1.60. The van der Waals surface area contributed by atoms with Crippen molar-refractivity contribution in [3.63, 3.8) is 0 Å². The number of ether oxygens (including phenoxy) is 1. The molecule has 2 N–H and O–H groups in total. The molecule has 150 valence electrons. The molecule has 29 heavy (non-hydrogen) atoms. The van der Waals surface area contributed by atoms with Gasteiger partial charge in [-0.1, -0.05) is 23.9 Å². The molecule has 2 atom stereocenters. The molecule has 1 fully saturated rings. The van der Waals surface area contributed by atoms with Gasteiger partial charge >= 0.3 is 51.4 Å².